The van der Waals surface area contributed by atoms with Gasteiger partial charge in [0.25, 0.3) is 0 Å². The largest absolute Gasteiger partial charge is 0.488 e. The van der Waals surface area contributed by atoms with Gasteiger partial charge in [-0.15, -0.1) is 0 Å². The molecule has 1 N–H and O–H groups in total. The summed E-state index contributed by atoms with van der Waals surface area (Å²) in [6.45, 7) is 2.92. The molecule has 1 unspecified atom stereocenters. The van der Waals surface area contributed by atoms with E-state index in [0.717, 1.165) is 19.4 Å². The molecule has 2 rings (SSSR count). The van der Waals surface area contributed by atoms with E-state index in [4.69, 9.17) is 16.3 Å². The number of hydrogen-bond donors (Lipinski definition) is 1. The van der Waals surface area contributed by atoms with Gasteiger partial charge in [0.15, 0.2) is 0 Å². The van der Waals surface area contributed by atoms with Crippen molar-refractivity contribution in [2.75, 3.05) is 6.54 Å². The summed E-state index contributed by atoms with van der Waals surface area (Å²) in [5.41, 5.74) is 0. The molecule has 0 saturated heterocycles. The van der Waals surface area contributed by atoms with Crippen molar-refractivity contribution in [3.05, 3.63) is 27.4 Å². The van der Waals surface area contributed by atoms with Crippen molar-refractivity contribution < 1.29 is 9.13 Å². The maximum absolute atomic E-state index is 13.5. The van der Waals surface area contributed by atoms with Crippen molar-refractivity contribution in [2.24, 2.45) is 0 Å². The topological polar surface area (TPSA) is 21.3 Å². The van der Waals surface area contributed by atoms with E-state index < -0.39 is 5.82 Å². The van der Waals surface area contributed by atoms with Crippen molar-refractivity contribution in [3.63, 3.8) is 0 Å². The van der Waals surface area contributed by atoms with Crippen LogP contribution in [0, 0.1) is 5.82 Å². The average molecular weight is 351 g/mol. The first kappa shape index (κ1) is 15.1. The van der Waals surface area contributed by atoms with Crippen molar-refractivity contribution in [1.29, 1.82) is 0 Å². The Morgan fingerprint density at radius 3 is 2.89 bits per heavy atom. The fourth-order valence-electron chi connectivity index (χ4n) is 1.88. The van der Waals surface area contributed by atoms with Gasteiger partial charge in [-0.1, -0.05) is 24.9 Å². The third-order valence-electron chi connectivity index (χ3n) is 3.09. The SMILES string of the molecule is CCCC(CNC1CC1)Oc1cc(F)c(Cl)cc1Br. The lowest BCUT2D eigenvalue weighted by Gasteiger charge is -2.20. The third-order valence-corrected chi connectivity index (χ3v) is 4.00. The Balaban J connectivity index is 2.00. The summed E-state index contributed by atoms with van der Waals surface area (Å²) in [6.07, 6.45) is 4.53. The quantitative estimate of drug-likeness (QED) is 0.729. The summed E-state index contributed by atoms with van der Waals surface area (Å²) >= 11 is 9.08. The highest BCUT2D eigenvalue weighted by Gasteiger charge is 2.22. The number of nitrogens with one attached hydrogen (secondary N) is 1. The molecule has 5 heteroatoms. The molecule has 106 valence electrons. The third kappa shape index (κ3) is 4.62. The van der Waals surface area contributed by atoms with Gasteiger partial charge in [-0.25, -0.2) is 4.39 Å². The van der Waals surface area contributed by atoms with E-state index in [0.29, 0.717) is 16.3 Å². The molecule has 1 saturated carbocycles. The lowest BCUT2D eigenvalue weighted by molar-refractivity contribution is 0.184. The summed E-state index contributed by atoms with van der Waals surface area (Å²) in [4.78, 5) is 0. The van der Waals surface area contributed by atoms with Crippen LogP contribution in [-0.4, -0.2) is 18.7 Å². The molecule has 0 spiro atoms. The molecule has 0 radical (unpaired) electrons. The van der Waals surface area contributed by atoms with E-state index in [-0.39, 0.29) is 11.1 Å². The fraction of sp³-hybridized carbons (Fsp3) is 0.571. The number of ether oxygens (including phenoxy) is 1. The summed E-state index contributed by atoms with van der Waals surface area (Å²) in [7, 11) is 0. The first-order chi connectivity index (χ1) is 9.10. The Morgan fingerprint density at radius 1 is 1.53 bits per heavy atom. The van der Waals surface area contributed by atoms with Gasteiger partial charge in [0.2, 0.25) is 0 Å². The predicted octanol–water partition coefficient (Wildman–Crippen LogP) is 4.54. The van der Waals surface area contributed by atoms with Crippen molar-refractivity contribution in [2.45, 2.75) is 44.8 Å². The number of rotatable bonds is 7. The minimum Gasteiger partial charge on any atom is -0.488 e. The van der Waals surface area contributed by atoms with Crippen LogP contribution in [0.1, 0.15) is 32.6 Å². The molecule has 2 nitrogen and oxygen atoms in total. The van der Waals surface area contributed by atoms with E-state index >= 15 is 0 Å². The van der Waals surface area contributed by atoms with Crippen molar-refractivity contribution in [3.8, 4) is 5.75 Å². The maximum atomic E-state index is 13.5. The van der Waals surface area contributed by atoms with Crippen LogP contribution in [0.4, 0.5) is 4.39 Å². The molecule has 1 atom stereocenters. The number of benzene rings is 1. The molecular formula is C14H18BrClFNO. The molecule has 1 fully saturated rings. The normalized spacial score (nSPS) is 16.4. The number of hydrogen-bond acceptors (Lipinski definition) is 2. The van der Waals surface area contributed by atoms with E-state index in [1.165, 1.54) is 25.0 Å². The van der Waals surface area contributed by atoms with E-state index in [9.17, 15) is 4.39 Å². The van der Waals surface area contributed by atoms with Crippen LogP contribution in [0.2, 0.25) is 5.02 Å². The zero-order valence-corrected chi connectivity index (χ0v) is 13.2. The molecule has 0 heterocycles. The molecule has 0 bridgehead atoms. The van der Waals surface area contributed by atoms with Gasteiger partial charge in [-0.05, 0) is 41.3 Å². The zero-order chi connectivity index (χ0) is 13.8. The van der Waals surface area contributed by atoms with Crippen molar-refractivity contribution >= 4 is 27.5 Å². The second kappa shape index (κ2) is 6.91. The molecule has 1 aromatic carbocycles. The van der Waals surface area contributed by atoms with Crippen LogP contribution in [0.5, 0.6) is 5.75 Å². The van der Waals surface area contributed by atoms with Gasteiger partial charge < -0.3 is 10.1 Å². The summed E-state index contributed by atoms with van der Waals surface area (Å²) < 4.78 is 20.0. The molecule has 0 amide bonds. The van der Waals surface area contributed by atoms with E-state index in [1.807, 2.05) is 0 Å². The van der Waals surface area contributed by atoms with Gasteiger partial charge in [0.1, 0.15) is 17.7 Å². The second-order valence-corrected chi connectivity index (χ2v) is 6.17. The Bertz CT molecular complexity index is 440. The van der Waals surface area contributed by atoms with Gasteiger partial charge in [-0.2, -0.15) is 0 Å². The summed E-state index contributed by atoms with van der Waals surface area (Å²) in [5.74, 6) is 0.0585. The van der Waals surface area contributed by atoms with Crippen LogP contribution in [0.15, 0.2) is 16.6 Å². The first-order valence-electron chi connectivity index (χ1n) is 6.64. The van der Waals surface area contributed by atoms with Crippen LogP contribution < -0.4 is 10.1 Å². The highest BCUT2D eigenvalue weighted by Crippen LogP contribution is 2.31. The Labute approximate surface area is 126 Å². The fourth-order valence-corrected chi connectivity index (χ4v) is 2.62. The minimum absolute atomic E-state index is 0.0578. The number of halogens is 3. The minimum atomic E-state index is -0.453. The lowest BCUT2D eigenvalue weighted by Crippen LogP contribution is -2.32. The lowest BCUT2D eigenvalue weighted by atomic mass is 10.2. The molecule has 0 aromatic heterocycles. The maximum Gasteiger partial charge on any atom is 0.145 e. The van der Waals surface area contributed by atoms with E-state index in [1.54, 1.807) is 0 Å². The molecular weight excluding hydrogens is 333 g/mol. The summed E-state index contributed by atoms with van der Waals surface area (Å²) in [5, 5.41) is 3.55. The second-order valence-electron chi connectivity index (χ2n) is 4.91. The summed E-state index contributed by atoms with van der Waals surface area (Å²) in [6, 6.07) is 3.52. The highest BCUT2D eigenvalue weighted by atomic mass is 79.9. The Kier molecular flexibility index (Phi) is 5.48. The Hall–Kier alpha value is -0.320. The van der Waals surface area contributed by atoms with Gasteiger partial charge >= 0.3 is 0 Å². The Morgan fingerprint density at radius 2 is 2.26 bits per heavy atom. The molecule has 1 aliphatic carbocycles. The van der Waals surface area contributed by atoms with Gasteiger partial charge in [0.05, 0.1) is 9.50 Å². The monoisotopic (exact) mass is 349 g/mol. The highest BCUT2D eigenvalue weighted by molar-refractivity contribution is 9.10. The molecule has 0 aliphatic heterocycles. The van der Waals surface area contributed by atoms with Crippen LogP contribution >= 0.6 is 27.5 Å². The average Bonchev–Trinajstić information content (AvgIpc) is 3.17. The molecule has 19 heavy (non-hydrogen) atoms. The smallest absolute Gasteiger partial charge is 0.145 e. The van der Waals surface area contributed by atoms with Gasteiger partial charge in [-0.3, -0.25) is 0 Å². The molecule has 1 aromatic rings. The molecule has 1 aliphatic rings. The van der Waals surface area contributed by atoms with Crippen LogP contribution in [0.25, 0.3) is 0 Å². The van der Waals surface area contributed by atoms with Gasteiger partial charge in [0, 0.05) is 18.7 Å². The van der Waals surface area contributed by atoms with Crippen molar-refractivity contribution in [1.82, 2.24) is 5.32 Å². The predicted molar refractivity (Wildman–Crippen MR) is 79.5 cm³/mol. The van der Waals surface area contributed by atoms with Crippen LogP contribution in [-0.2, 0) is 0 Å². The van der Waals surface area contributed by atoms with Crippen LogP contribution in [0.3, 0.4) is 0 Å². The van der Waals surface area contributed by atoms with E-state index in [2.05, 4.69) is 28.2 Å². The first-order valence-corrected chi connectivity index (χ1v) is 7.81. The zero-order valence-electron chi connectivity index (χ0n) is 10.9. The standard InChI is InChI=1S/C14H18BrClFNO/c1-2-3-10(8-18-9-4-5-9)19-14-7-13(17)12(16)6-11(14)15/h6-7,9-10,18H,2-5,8H2,1H3.